The fraction of sp³-hybridized carbons (Fsp3) is 0.269. The third-order valence-electron chi connectivity index (χ3n) is 5.99. The molecule has 176 valence electrons. The second-order valence-electron chi connectivity index (χ2n) is 8.26. The number of aromatic nitrogens is 1. The van der Waals surface area contributed by atoms with Crippen LogP contribution in [0, 0.1) is 18.6 Å². The number of piperidine rings is 1. The van der Waals surface area contributed by atoms with Crippen LogP contribution in [0.25, 0.3) is 0 Å². The number of methoxy groups -OCH3 is 1. The molecule has 1 saturated heterocycles. The average molecular weight is 466 g/mol. The molecule has 1 N–H and O–H groups in total. The van der Waals surface area contributed by atoms with E-state index in [1.54, 1.807) is 48.4 Å². The number of carbonyl (C=O) groups is 2. The van der Waals surface area contributed by atoms with Crippen molar-refractivity contribution < 1.29 is 23.1 Å². The van der Waals surface area contributed by atoms with Crippen LogP contribution in [-0.2, 0) is 0 Å². The van der Waals surface area contributed by atoms with Gasteiger partial charge in [0.05, 0.1) is 23.9 Å². The standard InChI is InChI=1S/C26H25F2N3O3/c1-16-3-9-22(25(32)30-19-5-7-20(34-2)8-6-19)24(29-16)17-11-13-31(14-12-17)26(33)21-10-4-18(27)15-23(21)28/h3-10,15,17H,11-14H2,1-2H3,(H,30,32). The number of pyridine rings is 1. The molecule has 0 spiro atoms. The van der Waals surface area contributed by atoms with Crippen molar-refractivity contribution in [3.63, 3.8) is 0 Å². The van der Waals surface area contributed by atoms with E-state index in [2.05, 4.69) is 10.3 Å². The fourth-order valence-electron chi connectivity index (χ4n) is 4.14. The highest BCUT2D eigenvalue weighted by Gasteiger charge is 2.29. The molecular weight excluding hydrogens is 440 g/mol. The van der Waals surface area contributed by atoms with Gasteiger partial charge in [-0.05, 0) is 68.3 Å². The number of benzene rings is 2. The summed E-state index contributed by atoms with van der Waals surface area (Å²) in [5.41, 5.74) is 2.46. The minimum absolute atomic E-state index is 0.0290. The van der Waals surface area contributed by atoms with E-state index in [1.807, 2.05) is 6.92 Å². The van der Waals surface area contributed by atoms with Crippen molar-refractivity contribution in [2.24, 2.45) is 0 Å². The van der Waals surface area contributed by atoms with Gasteiger partial charge in [0.2, 0.25) is 0 Å². The smallest absolute Gasteiger partial charge is 0.257 e. The lowest BCUT2D eigenvalue weighted by Crippen LogP contribution is -2.38. The molecule has 0 unspecified atom stereocenters. The highest BCUT2D eigenvalue weighted by atomic mass is 19.1. The van der Waals surface area contributed by atoms with Gasteiger partial charge in [0.15, 0.2) is 0 Å². The van der Waals surface area contributed by atoms with Crippen molar-refractivity contribution in [1.82, 2.24) is 9.88 Å². The average Bonchev–Trinajstić information content (AvgIpc) is 2.84. The highest BCUT2D eigenvalue weighted by Crippen LogP contribution is 2.31. The Morgan fingerprint density at radius 3 is 2.32 bits per heavy atom. The van der Waals surface area contributed by atoms with Crippen molar-refractivity contribution in [3.05, 3.63) is 88.7 Å². The quantitative estimate of drug-likeness (QED) is 0.579. The highest BCUT2D eigenvalue weighted by molar-refractivity contribution is 6.05. The van der Waals surface area contributed by atoms with E-state index in [0.29, 0.717) is 54.7 Å². The summed E-state index contributed by atoms with van der Waals surface area (Å²) in [7, 11) is 1.58. The number of hydrogen-bond acceptors (Lipinski definition) is 4. The molecule has 1 aliphatic rings. The number of rotatable bonds is 5. The molecule has 1 aliphatic heterocycles. The number of ether oxygens (including phenoxy) is 1. The van der Waals surface area contributed by atoms with Crippen LogP contribution >= 0.6 is 0 Å². The van der Waals surface area contributed by atoms with Crippen molar-refractivity contribution in [2.75, 3.05) is 25.5 Å². The van der Waals surface area contributed by atoms with Crippen molar-refractivity contribution in [3.8, 4) is 5.75 Å². The van der Waals surface area contributed by atoms with Crippen LogP contribution in [-0.4, -0.2) is 41.9 Å². The SMILES string of the molecule is COc1ccc(NC(=O)c2ccc(C)nc2C2CCN(C(=O)c3ccc(F)cc3F)CC2)cc1. The third-order valence-corrected chi connectivity index (χ3v) is 5.99. The summed E-state index contributed by atoms with van der Waals surface area (Å²) >= 11 is 0. The Hall–Kier alpha value is -3.81. The van der Waals surface area contributed by atoms with Crippen LogP contribution in [0.4, 0.5) is 14.5 Å². The summed E-state index contributed by atoms with van der Waals surface area (Å²) in [4.78, 5) is 32.0. The first kappa shape index (κ1) is 23.4. The maximum absolute atomic E-state index is 14.1. The minimum atomic E-state index is -0.870. The van der Waals surface area contributed by atoms with Gasteiger partial charge in [-0.15, -0.1) is 0 Å². The van der Waals surface area contributed by atoms with Crippen LogP contribution in [0.3, 0.4) is 0 Å². The maximum Gasteiger partial charge on any atom is 0.257 e. The van der Waals surface area contributed by atoms with E-state index in [-0.39, 0.29) is 17.4 Å². The summed E-state index contributed by atoms with van der Waals surface area (Å²) in [5, 5.41) is 2.90. The van der Waals surface area contributed by atoms with E-state index in [1.165, 1.54) is 6.07 Å². The zero-order valence-corrected chi connectivity index (χ0v) is 19.0. The largest absolute Gasteiger partial charge is 0.497 e. The first-order valence-electron chi connectivity index (χ1n) is 11.0. The Bertz CT molecular complexity index is 1210. The number of anilines is 1. The molecule has 1 aromatic heterocycles. The third kappa shape index (κ3) is 5.06. The van der Waals surface area contributed by atoms with Gasteiger partial charge < -0.3 is 15.0 Å². The monoisotopic (exact) mass is 465 g/mol. The van der Waals surface area contributed by atoms with Gasteiger partial charge in [0, 0.05) is 36.5 Å². The van der Waals surface area contributed by atoms with Gasteiger partial charge in [-0.3, -0.25) is 14.6 Å². The molecule has 6 nitrogen and oxygen atoms in total. The molecule has 1 fully saturated rings. The normalized spacial score (nSPS) is 14.1. The lowest BCUT2D eigenvalue weighted by Gasteiger charge is -2.32. The topological polar surface area (TPSA) is 71.5 Å². The number of aryl methyl sites for hydroxylation is 1. The summed E-state index contributed by atoms with van der Waals surface area (Å²) in [6.45, 7) is 2.63. The molecule has 2 aromatic carbocycles. The Morgan fingerprint density at radius 1 is 1.00 bits per heavy atom. The summed E-state index contributed by atoms with van der Waals surface area (Å²) < 4.78 is 32.4. The zero-order valence-electron chi connectivity index (χ0n) is 19.0. The fourth-order valence-corrected chi connectivity index (χ4v) is 4.14. The molecule has 0 saturated carbocycles. The van der Waals surface area contributed by atoms with Crippen molar-refractivity contribution in [2.45, 2.75) is 25.7 Å². The molecule has 0 bridgehead atoms. The van der Waals surface area contributed by atoms with Crippen LogP contribution in [0.5, 0.6) is 5.75 Å². The number of nitrogens with one attached hydrogen (secondary N) is 1. The summed E-state index contributed by atoms with van der Waals surface area (Å²) in [6.07, 6.45) is 1.15. The number of hydrogen-bond donors (Lipinski definition) is 1. The molecule has 2 heterocycles. The van der Waals surface area contributed by atoms with E-state index in [0.717, 1.165) is 11.8 Å². The second kappa shape index (κ2) is 9.99. The molecule has 0 atom stereocenters. The van der Waals surface area contributed by atoms with Gasteiger partial charge in [-0.25, -0.2) is 8.78 Å². The first-order chi connectivity index (χ1) is 16.4. The van der Waals surface area contributed by atoms with Gasteiger partial charge in [-0.1, -0.05) is 0 Å². The van der Waals surface area contributed by atoms with E-state index in [4.69, 9.17) is 4.74 Å². The van der Waals surface area contributed by atoms with Gasteiger partial charge >= 0.3 is 0 Å². The van der Waals surface area contributed by atoms with Crippen molar-refractivity contribution >= 4 is 17.5 Å². The number of carbonyl (C=O) groups excluding carboxylic acids is 2. The van der Waals surface area contributed by atoms with Crippen LogP contribution in [0.2, 0.25) is 0 Å². The molecular formula is C26H25F2N3O3. The Morgan fingerprint density at radius 2 is 1.68 bits per heavy atom. The second-order valence-corrected chi connectivity index (χ2v) is 8.26. The molecule has 4 rings (SSSR count). The molecule has 34 heavy (non-hydrogen) atoms. The lowest BCUT2D eigenvalue weighted by molar-refractivity contribution is 0.0706. The zero-order chi connectivity index (χ0) is 24.2. The van der Waals surface area contributed by atoms with E-state index >= 15 is 0 Å². The predicted molar refractivity (Wildman–Crippen MR) is 124 cm³/mol. The Balaban J connectivity index is 1.48. The predicted octanol–water partition coefficient (Wildman–Crippen LogP) is 4.95. The van der Waals surface area contributed by atoms with E-state index < -0.39 is 17.5 Å². The maximum atomic E-state index is 14.1. The number of nitrogens with zero attached hydrogens (tertiary/aromatic N) is 2. The summed E-state index contributed by atoms with van der Waals surface area (Å²) in [5.74, 6) is -1.66. The molecule has 0 aliphatic carbocycles. The first-order valence-corrected chi connectivity index (χ1v) is 11.0. The molecule has 3 aromatic rings. The van der Waals surface area contributed by atoms with Gasteiger partial charge in [-0.2, -0.15) is 0 Å². The molecule has 0 radical (unpaired) electrons. The van der Waals surface area contributed by atoms with Crippen LogP contribution < -0.4 is 10.1 Å². The lowest BCUT2D eigenvalue weighted by atomic mass is 9.89. The van der Waals surface area contributed by atoms with E-state index in [9.17, 15) is 18.4 Å². The number of halogens is 2. The molecule has 2 amide bonds. The molecule has 8 heteroatoms. The number of amides is 2. The van der Waals surface area contributed by atoms with Gasteiger partial charge in [0.1, 0.15) is 17.4 Å². The number of likely N-dealkylation sites (tertiary alicyclic amines) is 1. The Labute approximate surface area is 196 Å². The summed E-state index contributed by atoms with van der Waals surface area (Å²) in [6, 6.07) is 13.6. The minimum Gasteiger partial charge on any atom is -0.497 e. The van der Waals surface area contributed by atoms with Crippen LogP contribution in [0.15, 0.2) is 54.6 Å². The van der Waals surface area contributed by atoms with Crippen LogP contribution in [0.1, 0.15) is 50.9 Å². The van der Waals surface area contributed by atoms with Crippen molar-refractivity contribution in [1.29, 1.82) is 0 Å². The van der Waals surface area contributed by atoms with Gasteiger partial charge in [0.25, 0.3) is 11.8 Å². The Kier molecular flexibility index (Phi) is 6.86.